The highest BCUT2D eigenvalue weighted by molar-refractivity contribution is 9.10. The van der Waals surface area contributed by atoms with Crippen LogP contribution >= 0.6 is 27.7 Å². The van der Waals surface area contributed by atoms with Crippen LogP contribution in [-0.4, -0.2) is 29.3 Å². The van der Waals surface area contributed by atoms with Crippen LogP contribution in [0.25, 0.3) is 6.08 Å². The molecular formula is C21H17BrN2O4S. The van der Waals surface area contributed by atoms with Crippen molar-refractivity contribution < 1.29 is 19.1 Å². The summed E-state index contributed by atoms with van der Waals surface area (Å²) in [6.07, 6.45) is 1.65. The predicted molar refractivity (Wildman–Crippen MR) is 114 cm³/mol. The van der Waals surface area contributed by atoms with Gasteiger partial charge in [-0.05, 0) is 54.1 Å². The van der Waals surface area contributed by atoms with Gasteiger partial charge in [-0.25, -0.2) is 0 Å². The Morgan fingerprint density at radius 2 is 1.97 bits per heavy atom. The molecule has 0 bridgehead atoms. The van der Waals surface area contributed by atoms with Crippen LogP contribution < -0.4 is 9.47 Å². The van der Waals surface area contributed by atoms with E-state index in [2.05, 4.69) is 15.9 Å². The minimum atomic E-state index is -0.335. The summed E-state index contributed by atoms with van der Waals surface area (Å²) < 4.78 is 11.8. The molecule has 148 valence electrons. The lowest BCUT2D eigenvalue weighted by molar-refractivity contribution is -0.123. The SMILES string of the molecule is CCOc1cc(/C=C2\SC(=O)N(Cc3ccccc3Br)C2=O)ccc1OCC#N. The molecule has 0 unspecified atom stereocenters. The monoisotopic (exact) mass is 472 g/mol. The van der Waals surface area contributed by atoms with Crippen molar-refractivity contribution in [1.29, 1.82) is 5.26 Å². The van der Waals surface area contributed by atoms with E-state index in [0.717, 1.165) is 21.8 Å². The normalized spacial score (nSPS) is 14.9. The highest BCUT2D eigenvalue weighted by atomic mass is 79.9. The van der Waals surface area contributed by atoms with Crippen molar-refractivity contribution in [2.75, 3.05) is 13.2 Å². The van der Waals surface area contributed by atoms with Gasteiger partial charge in [0.1, 0.15) is 6.07 Å². The molecule has 0 saturated carbocycles. The Morgan fingerprint density at radius 1 is 1.17 bits per heavy atom. The molecule has 0 aromatic heterocycles. The second-order valence-corrected chi connectivity index (χ2v) is 7.79. The zero-order valence-electron chi connectivity index (χ0n) is 15.6. The number of rotatable bonds is 7. The number of hydrogen-bond acceptors (Lipinski definition) is 6. The summed E-state index contributed by atoms with van der Waals surface area (Å²) in [7, 11) is 0. The maximum atomic E-state index is 12.8. The molecule has 0 radical (unpaired) electrons. The van der Waals surface area contributed by atoms with Gasteiger partial charge < -0.3 is 9.47 Å². The molecule has 0 aliphatic carbocycles. The largest absolute Gasteiger partial charge is 0.490 e. The van der Waals surface area contributed by atoms with Crippen LogP contribution in [0.4, 0.5) is 4.79 Å². The van der Waals surface area contributed by atoms with Gasteiger partial charge in [0.05, 0.1) is 18.1 Å². The van der Waals surface area contributed by atoms with Gasteiger partial charge in [0, 0.05) is 4.47 Å². The topological polar surface area (TPSA) is 79.6 Å². The Balaban J connectivity index is 1.82. The Labute approximate surface area is 181 Å². The third-order valence-electron chi connectivity index (χ3n) is 4.02. The lowest BCUT2D eigenvalue weighted by Gasteiger charge is -2.13. The van der Waals surface area contributed by atoms with E-state index in [1.54, 1.807) is 24.3 Å². The number of amides is 2. The molecule has 3 rings (SSSR count). The molecule has 1 aliphatic rings. The van der Waals surface area contributed by atoms with E-state index < -0.39 is 0 Å². The number of benzene rings is 2. The Hall–Kier alpha value is -2.76. The molecule has 2 aromatic carbocycles. The summed E-state index contributed by atoms with van der Waals surface area (Å²) >= 11 is 4.35. The molecule has 0 spiro atoms. The van der Waals surface area contributed by atoms with Crippen LogP contribution in [0.3, 0.4) is 0 Å². The first-order valence-corrected chi connectivity index (χ1v) is 10.4. The van der Waals surface area contributed by atoms with E-state index in [4.69, 9.17) is 14.7 Å². The molecule has 1 heterocycles. The Morgan fingerprint density at radius 3 is 2.69 bits per heavy atom. The highest BCUT2D eigenvalue weighted by Crippen LogP contribution is 2.36. The number of nitrogens with zero attached hydrogens (tertiary/aromatic N) is 2. The average Bonchev–Trinajstić information content (AvgIpc) is 2.96. The quantitative estimate of drug-likeness (QED) is 0.528. The van der Waals surface area contributed by atoms with Crippen LogP contribution in [0.1, 0.15) is 18.1 Å². The van der Waals surface area contributed by atoms with Crippen LogP contribution in [0, 0.1) is 11.3 Å². The Bertz CT molecular complexity index is 1020. The number of halogens is 1. The maximum absolute atomic E-state index is 12.8. The van der Waals surface area contributed by atoms with Crippen LogP contribution in [0.5, 0.6) is 11.5 Å². The minimum Gasteiger partial charge on any atom is -0.490 e. The van der Waals surface area contributed by atoms with Crippen LogP contribution in [0.15, 0.2) is 51.8 Å². The van der Waals surface area contributed by atoms with Crippen molar-refractivity contribution >= 4 is 44.9 Å². The van der Waals surface area contributed by atoms with Crippen molar-refractivity contribution in [3.05, 3.63) is 63.0 Å². The number of hydrogen-bond donors (Lipinski definition) is 0. The molecule has 1 aliphatic heterocycles. The second kappa shape index (κ2) is 9.63. The van der Waals surface area contributed by atoms with Gasteiger partial charge in [0.15, 0.2) is 18.1 Å². The molecule has 2 aromatic rings. The molecule has 2 amide bonds. The van der Waals surface area contributed by atoms with Crippen LogP contribution in [0.2, 0.25) is 0 Å². The van der Waals surface area contributed by atoms with E-state index in [1.165, 1.54) is 4.90 Å². The fraction of sp³-hybridized carbons (Fsp3) is 0.190. The molecule has 8 heteroatoms. The zero-order chi connectivity index (χ0) is 20.8. The first kappa shape index (κ1) is 21.0. The fourth-order valence-electron chi connectivity index (χ4n) is 2.70. The molecule has 0 atom stereocenters. The highest BCUT2D eigenvalue weighted by Gasteiger charge is 2.35. The summed E-state index contributed by atoms with van der Waals surface area (Å²) in [6, 6.07) is 14.5. The second-order valence-electron chi connectivity index (χ2n) is 5.95. The number of imide groups is 1. The first-order valence-electron chi connectivity index (χ1n) is 8.79. The van der Waals surface area contributed by atoms with E-state index in [9.17, 15) is 9.59 Å². The van der Waals surface area contributed by atoms with E-state index in [-0.39, 0.29) is 24.3 Å². The van der Waals surface area contributed by atoms with Crippen molar-refractivity contribution in [1.82, 2.24) is 4.90 Å². The molecule has 1 fully saturated rings. The molecule has 0 N–H and O–H groups in total. The van der Waals surface area contributed by atoms with E-state index >= 15 is 0 Å². The third-order valence-corrected chi connectivity index (χ3v) is 5.70. The summed E-state index contributed by atoms with van der Waals surface area (Å²) in [4.78, 5) is 26.7. The fourth-order valence-corrected chi connectivity index (χ4v) is 3.95. The number of carbonyl (C=O) groups excluding carboxylic acids is 2. The van der Waals surface area contributed by atoms with Gasteiger partial charge in [0.25, 0.3) is 11.1 Å². The molecule has 29 heavy (non-hydrogen) atoms. The number of ether oxygens (including phenoxy) is 2. The summed E-state index contributed by atoms with van der Waals surface area (Å²) in [5, 5.41) is 8.38. The van der Waals surface area contributed by atoms with Gasteiger partial charge in [-0.2, -0.15) is 5.26 Å². The number of thioether (sulfide) groups is 1. The third kappa shape index (κ3) is 5.00. The van der Waals surface area contributed by atoms with Crippen molar-refractivity contribution in [3.63, 3.8) is 0 Å². The average molecular weight is 473 g/mol. The summed E-state index contributed by atoms with van der Waals surface area (Å²) in [6.45, 7) is 2.38. The van der Waals surface area contributed by atoms with Crippen molar-refractivity contribution in [2.24, 2.45) is 0 Å². The maximum Gasteiger partial charge on any atom is 0.293 e. The minimum absolute atomic E-state index is 0.0899. The lowest BCUT2D eigenvalue weighted by Crippen LogP contribution is -2.27. The first-order chi connectivity index (χ1) is 14.0. The predicted octanol–water partition coefficient (Wildman–Crippen LogP) is 4.99. The smallest absolute Gasteiger partial charge is 0.293 e. The van der Waals surface area contributed by atoms with Crippen molar-refractivity contribution in [2.45, 2.75) is 13.5 Å². The Kier molecular flexibility index (Phi) is 6.96. The lowest BCUT2D eigenvalue weighted by atomic mass is 10.1. The van der Waals surface area contributed by atoms with Crippen molar-refractivity contribution in [3.8, 4) is 17.6 Å². The zero-order valence-corrected chi connectivity index (χ0v) is 18.0. The molecule has 6 nitrogen and oxygen atoms in total. The van der Waals surface area contributed by atoms with E-state index in [0.29, 0.717) is 28.6 Å². The molecular weight excluding hydrogens is 456 g/mol. The number of nitriles is 1. The van der Waals surface area contributed by atoms with E-state index in [1.807, 2.05) is 37.3 Å². The van der Waals surface area contributed by atoms with Gasteiger partial charge in [0.2, 0.25) is 0 Å². The standard InChI is InChI=1S/C21H17BrN2O4S/c1-2-27-18-11-14(7-8-17(18)28-10-9-23)12-19-20(25)24(21(26)29-19)13-15-5-3-4-6-16(15)22/h3-8,11-12H,2,10,13H2,1H3/b19-12-. The van der Waals surface area contributed by atoms with Gasteiger partial charge in [-0.15, -0.1) is 0 Å². The van der Waals surface area contributed by atoms with Gasteiger partial charge >= 0.3 is 0 Å². The van der Waals surface area contributed by atoms with Gasteiger partial charge in [-0.3, -0.25) is 14.5 Å². The summed E-state index contributed by atoms with van der Waals surface area (Å²) in [5.74, 6) is 0.593. The molecule has 1 saturated heterocycles. The summed E-state index contributed by atoms with van der Waals surface area (Å²) in [5.41, 5.74) is 1.55. The van der Waals surface area contributed by atoms with Gasteiger partial charge in [-0.1, -0.05) is 40.2 Å². The van der Waals surface area contributed by atoms with Crippen LogP contribution in [-0.2, 0) is 11.3 Å². The number of carbonyl (C=O) groups is 2.